The molecule has 0 bridgehead atoms. The summed E-state index contributed by atoms with van der Waals surface area (Å²) >= 11 is 3.34. The molecule has 0 spiro atoms. The summed E-state index contributed by atoms with van der Waals surface area (Å²) in [7, 11) is 0. The molecule has 7 nitrogen and oxygen atoms in total. The van der Waals surface area contributed by atoms with E-state index in [9.17, 15) is 14.9 Å². The molecule has 8 heteroatoms. The van der Waals surface area contributed by atoms with Gasteiger partial charge in [0.15, 0.2) is 0 Å². The first-order valence-electron chi connectivity index (χ1n) is 6.15. The van der Waals surface area contributed by atoms with Crippen molar-refractivity contribution in [3.63, 3.8) is 0 Å². The summed E-state index contributed by atoms with van der Waals surface area (Å²) in [6, 6.07) is 5.18. The van der Waals surface area contributed by atoms with Gasteiger partial charge in [0.25, 0.3) is 5.69 Å². The van der Waals surface area contributed by atoms with Gasteiger partial charge in [-0.05, 0) is 41.9 Å². The normalized spacial score (nSPS) is 12.0. The highest BCUT2D eigenvalue weighted by molar-refractivity contribution is 9.10. The van der Waals surface area contributed by atoms with Crippen LogP contribution in [-0.4, -0.2) is 20.6 Å². The summed E-state index contributed by atoms with van der Waals surface area (Å²) in [5.74, 6) is -0.248. The Balaban J connectivity index is 2.10. The molecule has 0 saturated carbocycles. The van der Waals surface area contributed by atoms with Gasteiger partial charge in [-0.15, -0.1) is 0 Å². The molecule has 1 unspecified atom stereocenters. The van der Waals surface area contributed by atoms with E-state index in [2.05, 4.69) is 26.3 Å². The van der Waals surface area contributed by atoms with E-state index in [0.29, 0.717) is 5.69 Å². The SMILES string of the molecule is Cc1c(Br)cnn1C(C)C(=O)Nc1ccc([N+](=O)[O-])cc1. The Bertz CT molecular complexity index is 681. The molecule has 2 rings (SSSR count). The van der Waals surface area contributed by atoms with Crippen molar-refractivity contribution in [2.24, 2.45) is 0 Å². The van der Waals surface area contributed by atoms with Gasteiger partial charge in [-0.3, -0.25) is 19.6 Å². The fraction of sp³-hybridized carbons (Fsp3) is 0.231. The molecule has 1 atom stereocenters. The Kier molecular flexibility index (Phi) is 4.37. The van der Waals surface area contributed by atoms with E-state index in [4.69, 9.17) is 0 Å². The van der Waals surface area contributed by atoms with Crippen LogP contribution in [-0.2, 0) is 4.79 Å². The van der Waals surface area contributed by atoms with Crippen LogP contribution in [0.25, 0.3) is 0 Å². The second kappa shape index (κ2) is 6.04. The van der Waals surface area contributed by atoms with Gasteiger partial charge < -0.3 is 5.32 Å². The minimum atomic E-state index is -0.494. The van der Waals surface area contributed by atoms with Gasteiger partial charge in [-0.25, -0.2) is 0 Å². The number of amides is 1. The van der Waals surface area contributed by atoms with E-state index in [0.717, 1.165) is 10.2 Å². The van der Waals surface area contributed by atoms with E-state index in [1.165, 1.54) is 24.3 Å². The Morgan fingerprint density at radius 1 is 1.43 bits per heavy atom. The molecule has 2 aromatic rings. The van der Waals surface area contributed by atoms with Crippen LogP contribution in [0.15, 0.2) is 34.9 Å². The van der Waals surface area contributed by atoms with Crippen molar-refractivity contribution in [1.82, 2.24) is 9.78 Å². The third-order valence-corrected chi connectivity index (χ3v) is 3.86. The molecule has 1 N–H and O–H groups in total. The third kappa shape index (κ3) is 3.27. The Morgan fingerprint density at radius 2 is 2.05 bits per heavy atom. The molecule has 1 aromatic heterocycles. The highest BCUT2D eigenvalue weighted by atomic mass is 79.9. The molecule has 1 heterocycles. The minimum absolute atomic E-state index is 0.0205. The minimum Gasteiger partial charge on any atom is -0.324 e. The van der Waals surface area contributed by atoms with Crippen molar-refractivity contribution < 1.29 is 9.72 Å². The highest BCUT2D eigenvalue weighted by Gasteiger charge is 2.18. The number of hydrogen-bond acceptors (Lipinski definition) is 4. The molecule has 1 aromatic carbocycles. The summed E-state index contributed by atoms with van der Waals surface area (Å²) < 4.78 is 2.43. The summed E-state index contributed by atoms with van der Waals surface area (Å²) in [6.45, 7) is 3.58. The molecule has 0 aliphatic rings. The van der Waals surface area contributed by atoms with Crippen molar-refractivity contribution in [1.29, 1.82) is 0 Å². The van der Waals surface area contributed by atoms with Crippen molar-refractivity contribution in [2.45, 2.75) is 19.9 Å². The summed E-state index contributed by atoms with van der Waals surface area (Å²) in [6.07, 6.45) is 1.63. The van der Waals surface area contributed by atoms with Crippen molar-refractivity contribution in [3.05, 3.63) is 50.7 Å². The first kappa shape index (κ1) is 15.2. The van der Waals surface area contributed by atoms with Gasteiger partial charge in [0.05, 0.1) is 21.3 Å². The molecular formula is C13H13BrN4O3. The number of rotatable bonds is 4. The fourth-order valence-electron chi connectivity index (χ4n) is 1.82. The number of carbonyl (C=O) groups excluding carboxylic acids is 1. The fourth-order valence-corrected chi connectivity index (χ4v) is 2.09. The summed E-state index contributed by atoms with van der Waals surface area (Å²) in [4.78, 5) is 22.3. The second-order valence-corrected chi connectivity index (χ2v) is 5.35. The molecule has 0 aliphatic heterocycles. The lowest BCUT2D eigenvalue weighted by Crippen LogP contribution is -2.25. The van der Waals surface area contributed by atoms with Crippen LogP contribution in [0.2, 0.25) is 0 Å². The number of nitro groups is 1. The van der Waals surface area contributed by atoms with Gasteiger partial charge in [-0.1, -0.05) is 0 Å². The average Bonchev–Trinajstić information content (AvgIpc) is 2.78. The van der Waals surface area contributed by atoms with Crippen molar-refractivity contribution in [2.75, 3.05) is 5.32 Å². The van der Waals surface area contributed by atoms with Crippen LogP contribution >= 0.6 is 15.9 Å². The Labute approximate surface area is 129 Å². The topological polar surface area (TPSA) is 90.1 Å². The average molecular weight is 353 g/mol. The predicted octanol–water partition coefficient (Wildman–Crippen LogP) is 3.06. The molecule has 0 radical (unpaired) electrons. The van der Waals surface area contributed by atoms with E-state index >= 15 is 0 Å². The van der Waals surface area contributed by atoms with Crippen LogP contribution in [0.5, 0.6) is 0 Å². The molecule has 110 valence electrons. The predicted molar refractivity (Wildman–Crippen MR) is 81.1 cm³/mol. The van der Waals surface area contributed by atoms with E-state index in [1.807, 2.05) is 6.92 Å². The Hall–Kier alpha value is -2.22. The number of non-ortho nitro benzene ring substituents is 1. The van der Waals surface area contributed by atoms with Crippen LogP contribution in [0, 0.1) is 17.0 Å². The number of nitrogens with one attached hydrogen (secondary N) is 1. The molecule has 21 heavy (non-hydrogen) atoms. The maximum atomic E-state index is 12.2. The standard InChI is InChI=1S/C13H13BrN4O3/c1-8-12(14)7-15-17(8)9(2)13(19)16-10-3-5-11(6-4-10)18(20)21/h3-7,9H,1-2H3,(H,16,19). The van der Waals surface area contributed by atoms with Crippen LogP contribution in [0.3, 0.4) is 0 Å². The van der Waals surface area contributed by atoms with Gasteiger partial charge in [0.1, 0.15) is 6.04 Å². The lowest BCUT2D eigenvalue weighted by Gasteiger charge is -2.14. The number of aromatic nitrogens is 2. The number of benzene rings is 1. The first-order chi connectivity index (χ1) is 9.90. The lowest BCUT2D eigenvalue weighted by atomic mass is 10.2. The van der Waals surface area contributed by atoms with Crippen LogP contribution in [0.4, 0.5) is 11.4 Å². The summed E-state index contributed by atoms with van der Waals surface area (Å²) in [5.41, 5.74) is 1.33. The number of carbonyl (C=O) groups is 1. The number of anilines is 1. The van der Waals surface area contributed by atoms with E-state index in [-0.39, 0.29) is 11.6 Å². The van der Waals surface area contributed by atoms with Gasteiger partial charge >= 0.3 is 0 Å². The van der Waals surface area contributed by atoms with Crippen molar-refractivity contribution >= 4 is 33.2 Å². The van der Waals surface area contributed by atoms with Crippen LogP contribution < -0.4 is 5.32 Å². The molecule has 0 fully saturated rings. The van der Waals surface area contributed by atoms with E-state index in [1.54, 1.807) is 17.8 Å². The smallest absolute Gasteiger partial charge is 0.269 e. The van der Waals surface area contributed by atoms with Gasteiger partial charge in [0.2, 0.25) is 5.91 Å². The van der Waals surface area contributed by atoms with Crippen molar-refractivity contribution in [3.8, 4) is 0 Å². The van der Waals surface area contributed by atoms with Gasteiger partial charge in [0, 0.05) is 17.8 Å². The third-order valence-electron chi connectivity index (χ3n) is 3.08. The lowest BCUT2D eigenvalue weighted by molar-refractivity contribution is -0.384. The number of nitrogens with zero attached hydrogens (tertiary/aromatic N) is 3. The largest absolute Gasteiger partial charge is 0.324 e. The van der Waals surface area contributed by atoms with Crippen LogP contribution in [0.1, 0.15) is 18.7 Å². The monoisotopic (exact) mass is 352 g/mol. The zero-order valence-electron chi connectivity index (χ0n) is 11.4. The zero-order chi connectivity index (χ0) is 15.6. The second-order valence-electron chi connectivity index (χ2n) is 4.49. The molecule has 0 aliphatic carbocycles. The molecule has 1 amide bonds. The highest BCUT2D eigenvalue weighted by Crippen LogP contribution is 2.20. The zero-order valence-corrected chi connectivity index (χ0v) is 13.0. The maximum Gasteiger partial charge on any atom is 0.269 e. The summed E-state index contributed by atoms with van der Waals surface area (Å²) in [5, 5.41) is 17.4. The quantitative estimate of drug-likeness (QED) is 0.676. The molecular weight excluding hydrogens is 340 g/mol. The molecule has 0 saturated heterocycles. The van der Waals surface area contributed by atoms with E-state index < -0.39 is 11.0 Å². The maximum absolute atomic E-state index is 12.2. The number of nitro benzene ring substituents is 1. The Morgan fingerprint density at radius 3 is 2.52 bits per heavy atom. The first-order valence-corrected chi connectivity index (χ1v) is 6.94. The number of halogens is 1. The number of hydrogen-bond donors (Lipinski definition) is 1. The van der Waals surface area contributed by atoms with Gasteiger partial charge in [-0.2, -0.15) is 5.10 Å².